The standard InChI is InChI=1S/2C8H13Si.Yb/c2*1-9(2,3)8-6-4-5-7-8;/h2*4-7H,1-3H3;/q2*-1;+2. The summed E-state index contributed by atoms with van der Waals surface area (Å²) in [5.41, 5.74) is 0. The van der Waals surface area contributed by atoms with Crippen molar-refractivity contribution in [1.29, 1.82) is 0 Å². The van der Waals surface area contributed by atoms with Crippen molar-refractivity contribution in [2.45, 2.75) is 39.3 Å². The van der Waals surface area contributed by atoms with Crippen molar-refractivity contribution in [3.05, 3.63) is 48.5 Å². The normalized spacial score (nSPS) is 11.3. The van der Waals surface area contributed by atoms with Crippen LogP contribution in [0.4, 0.5) is 0 Å². The first-order chi connectivity index (χ1) is 8.21. The molecule has 2 aromatic carbocycles. The van der Waals surface area contributed by atoms with Gasteiger partial charge in [-0.15, -0.1) is 0 Å². The first kappa shape index (κ1) is 19.7. The first-order valence-corrected chi connectivity index (χ1v) is 13.7. The molecular formula is C16H26Si2Yb. The Kier molecular flexibility index (Phi) is 8.46. The number of rotatable bonds is 2. The Morgan fingerprint density at radius 1 is 0.526 bits per heavy atom. The molecule has 0 saturated heterocycles. The minimum atomic E-state index is -0.981. The van der Waals surface area contributed by atoms with E-state index in [4.69, 9.17) is 0 Å². The van der Waals surface area contributed by atoms with E-state index in [1.165, 1.54) is 0 Å². The molecule has 0 N–H and O–H groups in total. The van der Waals surface area contributed by atoms with Gasteiger partial charge in [0.2, 0.25) is 0 Å². The molecule has 0 aromatic heterocycles. The third-order valence-electron chi connectivity index (χ3n) is 3.06. The molecule has 0 nitrogen and oxygen atoms in total. The van der Waals surface area contributed by atoms with Crippen molar-refractivity contribution in [1.82, 2.24) is 0 Å². The van der Waals surface area contributed by atoms with Gasteiger partial charge in [-0.2, -0.15) is 34.6 Å². The van der Waals surface area contributed by atoms with E-state index in [2.05, 4.69) is 87.8 Å². The fourth-order valence-corrected chi connectivity index (χ4v) is 4.13. The molecule has 0 fully saturated rings. The van der Waals surface area contributed by atoms with E-state index < -0.39 is 16.1 Å². The topological polar surface area (TPSA) is 0 Å². The zero-order valence-electron chi connectivity index (χ0n) is 12.9. The van der Waals surface area contributed by atoms with Gasteiger partial charge in [-0.1, -0.05) is 39.3 Å². The van der Waals surface area contributed by atoms with E-state index in [9.17, 15) is 0 Å². The largest absolute Gasteiger partial charge is 2.00 e. The third-order valence-corrected chi connectivity index (χ3v) is 7.19. The zero-order valence-corrected chi connectivity index (χ0v) is 16.6. The molecule has 0 amide bonds. The van der Waals surface area contributed by atoms with E-state index in [1.807, 2.05) is 0 Å². The molecule has 0 bridgehead atoms. The second-order valence-corrected chi connectivity index (χ2v) is 17.0. The van der Waals surface area contributed by atoms with Crippen LogP contribution in [0.15, 0.2) is 48.5 Å². The van der Waals surface area contributed by atoms with Crippen LogP contribution in [-0.4, -0.2) is 16.1 Å². The molecule has 0 aliphatic rings. The molecule has 0 aliphatic carbocycles. The van der Waals surface area contributed by atoms with Gasteiger partial charge in [0.15, 0.2) is 0 Å². The molecule has 0 spiro atoms. The van der Waals surface area contributed by atoms with Crippen LogP contribution in [0.5, 0.6) is 0 Å². The molecule has 0 aliphatic heterocycles. The summed E-state index contributed by atoms with van der Waals surface area (Å²) in [5.74, 6) is 0. The van der Waals surface area contributed by atoms with Gasteiger partial charge in [-0.3, -0.25) is 0 Å². The van der Waals surface area contributed by atoms with E-state index in [-0.39, 0.29) is 46.9 Å². The van der Waals surface area contributed by atoms with E-state index >= 15 is 0 Å². The molecule has 0 heterocycles. The minimum absolute atomic E-state index is 0. The summed E-state index contributed by atoms with van der Waals surface area (Å²) in [7, 11) is -1.96. The van der Waals surface area contributed by atoms with Gasteiger partial charge in [-0.05, 0) is 0 Å². The van der Waals surface area contributed by atoms with Crippen molar-refractivity contribution >= 4 is 26.5 Å². The van der Waals surface area contributed by atoms with Gasteiger partial charge in [0.1, 0.15) is 0 Å². The molecule has 112 valence electrons. The van der Waals surface area contributed by atoms with Gasteiger partial charge in [-0.25, -0.2) is 24.3 Å². The molecule has 2 aromatic rings. The van der Waals surface area contributed by atoms with Crippen LogP contribution < -0.4 is 10.4 Å². The van der Waals surface area contributed by atoms with Crippen LogP contribution in [0.1, 0.15) is 0 Å². The Morgan fingerprint density at radius 3 is 0.842 bits per heavy atom. The SMILES string of the molecule is C[Si](C)(C)[c-]1cccc1.C[Si](C)(C)[c-]1cccc1.[Yb+2]. The maximum atomic E-state index is 2.36. The summed E-state index contributed by atoms with van der Waals surface area (Å²) in [6.07, 6.45) is 0. The van der Waals surface area contributed by atoms with Crippen LogP contribution in [0, 0.1) is 46.9 Å². The van der Waals surface area contributed by atoms with Crippen molar-refractivity contribution < 1.29 is 46.9 Å². The second kappa shape index (κ2) is 8.18. The van der Waals surface area contributed by atoms with Crippen LogP contribution in [0.3, 0.4) is 0 Å². The monoisotopic (exact) mass is 448 g/mol. The summed E-state index contributed by atoms with van der Waals surface area (Å²) in [5, 5.41) is 3.12. The van der Waals surface area contributed by atoms with Crippen molar-refractivity contribution in [2.24, 2.45) is 0 Å². The molecule has 19 heavy (non-hydrogen) atoms. The third kappa shape index (κ3) is 7.28. The van der Waals surface area contributed by atoms with Crippen LogP contribution in [0.2, 0.25) is 39.3 Å². The van der Waals surface area contributed by atoms with Crippen LogP contribution >= 0.6 is 0 Å². The Morgan fingerprint density at radius 2 is 0.737 bits per heavy atom. The van der Waals surface area contributed by atoms with Gasteiger partial charge >= 0.3 is 46.9 Å². The molecule has 2 rings (SSSR count). The zero-order chi connectivity index (χ0) is 13.8. The maximum absolute atomic E-state index is 2.36. The van der Waals surface area contributed by atoms with Crippen molar-refractivity contribution in [2.75, 3.05) is 0 Å². The molecule has 3 heteroatoms. The predicted octanol–water partition coefficient (Wildman–Crippen LogP) is 3.90. The van der Waals surface area contributed by atoms with Crippen LogP contribution in [0.25, 0.3) is 0 Å². The molecule has 0 unspecified atom stereocenters. The summed E-state index contributed by atoms with van der Waals surface area (Å²) >= 11 is 0. The fraction of sp³-hybridized carbons (Fsp3) is 0.375. The summed E-state index contributed by atoms with van der Waals surface area (Å²) in [6.45, 7) is 14.2. The van der Waals surface area contributed by atoms with Gasteiger partial charge in [0, 0.05) is 16.1 Å². The predicted molar refractivity (Wildman–Crippen MR) is 90.0 cm³/mol. The van der Waals surface area contributed by atoms with Crippen LogP contribution in [-0.2, 0) is 0 Å². The number of hydrogen-bond acceptors (Lipinski definition) is 0. The molecule has 0 saturated carbocycles. The summed E-state index contributed by atoms with van der Waals surface area (Å²) in [6, 6.07) is 17.4. The Labute approximate surface area is 159 Å². The average Bonchev–Trinajstić information content (AvgIpc) is 2.91. The van der Waals surface area contributed by atoms with Gasteiger partial charge in [0.25, 0.3) is 0 Å². The first-order valence-electron chi connectivity index (χ1n) is 6.65. The molecule has 0 radical (unpaired) electrons. The number of hydrogen-bond donors (Lipinski definition) is 0. The van der Waals surface area contributed by atoms with Gasteiger partial charge in [0.05, 0.1) is 0 Å². The molecular weight excluding hydrogens is 421 g/mol. The molecule has 0 atom stereocenters. The van der Waals surface area contributed by atoms with Crippen molar-refractivity contribution in [3.8, 4) is 0 Å². The fourth-order valence-electron chi connectivity index (χ4n) is 1.75. The van der Waals surface area contributed by atoms with E-state index in [0.29, 0.717) is 0 Å². The minimum Gasteiger partial charge on any atom is -0.214 e. The average molecular weight is 448 g/mol. The van der Waals surface area contributed by atoms with E-state index in [0.717, 1.165) is 0 Å². The summed E-state index contributed by atoms with van der Waals surface area (Å²) < 4.78 is 0. The summed E-state index contributed by atoms with van der Waals surface area (Å²) in [4.78, 5) is 0. The maximum Gasteiger partial charge on any atom is 2.00 e. The van der Waals surface area contributed by atoms with Crippen molar-refractivity contribution in [3.63, 3.8) is 0 Å². The second-order valence-electron chi connectivity index (χ2n) is 6.85. The quantitative estimate of drug-likeness (QED) is 0.484. The van der Waals surface area contributed by atoms with E-state index in [1.54, 1.807) is 10.4 Å². The Hall–Kier alpha value is 0.653. The smallest absolute Gasteiger partial charge is 0.214 e. The Bertz CT molecular complexity index is 384. The Balaban J connectivity index is 0.000000324. The van der Waals surface area contributed by atoms with Gasteiger partial charge < -0.3 is 0 Å².